The number of ether oxygens (including phenoxy) is 2. The van der Waals surface area contributed by atoms with Crippen molar-refractivity contribution in [1.29, 1.82) is 0 Å². The van der Waals surface area contributed by atoms with Crippen LogP contribution in [0.3, 0.4) is 0 Å². The summed E-state index contributed by atoms with van der Waals surface area (Å²) in [4.78, 5) is 19.2. The number of esters is 1. The van der Waals surface area contributed by atoms with Gasteiger partial charge in [0, 0.05) is 0 Å². The minimum absolute atomic E-state index is 0.130. The van der Waals surface area contributed by atoms with E-state index in [2.05, 4.69) is 14.7 Å². The van der Waals surface area contributed by atoms with Gasteiger partial charge < -0.3 is 15.2 Å². The van der Waals surface area contributed by atoms with Crippen LogP contribution >= 0.6 is 0 Å². The van der Waals surface area contributed by atoms with Gasteiger partial charge in [-0.1, -0.05) is 0 Å². The van der Waals surface area contributed by atoms with E-state index < -0.39 is 5.97 Å². The van der Waals surface area contributed by atoms with Gasteiger partial charge >= 0.3 is 5.97 Å². The van der Waals surface area contributed by atoms with E-state index in [1.807, 2.05) is 0 Å². The Morgan fingerprint density at radius 1 is 1.53 bits per heavy atom. The molecule has 0 aliphatic heterocycles. The van der Waals surface area contributed by atoms with Gasteiger partial charge in [0.2, 0.25) is 5.88 Å². The van der Waals surface area contributed by atoms with Crippen molar-refractivity contribution in [3.63, 3.8) is 0 Å². The molecule has 92 valence electrons. The monoisotopic (exact) mass is 237 g/mol. The zero-order chi connectivity index (χ0) is 12.3. The molecule has 2 N–H and O–H groups in total. The second-order valence-electron chi connectivity index (χ2n) is 4.05. The summed E-state index contributed by atoms with van der Waals surface area (Å²) in [5, 5.41) is 0. The van der Waals surface area contributed by atoms with Gasteiger partial charge in [-0.05, 0) is 25.3 Å². The average molecular weight is 237 g/mol. The molecule has 17 heavy (non-hydrogen) atoms. The fraction of sp³-hybridized carbons (Fsp3) is 0.545. The van der Waals surface area contributed by atoms with Crippen LogP contribution in [0.15, 0.2) is 12.4 Å². The van der Waals surface area contributed by atoms with Crippen molar-refractivity contribution < 1.29 is 14.3 Å². The second kappa shape index (κ2) is 5.09. The van der Waals surface area contributed by atoms with Crippen molar-refractivity contribution in [2.45, 2.75) is 18.9 Å². The summed E-state index contributed by atoms with van der Waals surface area (Å²) in [6.45, 7) is 0.688. The molecule has 0 atom stereocenters. The number of methoxy groups -OCH3 is 1. The lowest BCUT2D eigenvalue weighted by Crippen LogP contribution is -2.38. The highest BCUT2D eigenvalue weighted by atomic mass is 16.5. The van der Waals surface area contributed by atoms with E-state index in [1.165, 1.54) is 19.5 Å². The van der Waals surface area contributed by atoms with Gasteiger partial charge in [0.1, 0.15) is 6.10 Å². The number of nitrogens with two attached hydrogens (primary N) is 1. The van der Waals surface area contributed by atoms with E-state index in [4.69, 9.17) is 10.5 Å². The molecule has 0 spiro atoms. The third-order valence-electron chi connectivity index (χ3n) is 2.82. The molecule has 1 fully saturated rings. The van der Waals surface area contributed by atoms with Gasteiger partial charge in [-0.2, -0.15) is 0 Å². The van der Waals surface area contributed by atoms with Crippen LogP contribution in [0.2, 0.25) is 0 Å². The summed E-state index contributed by atoms with van der Waals surface area (Å²) in [6.07, 6.45) is 4.83. The summed E-state index contributed by atoms with van der Waals surface area (Å²) >= 11 is 0. The fourth-order valence-corrected chi connectivity index (χ4v) is 1.74. The Morgan fingerprint density at radius 2 is 2.29 bits per heavy atom. The van der Waals surface area contributed by atoms with Gasteiger partial charge in [0.05, 0.1) is 19.5 Å². The summed E-state index contributed by atoms with van der Waals surface area (Å²) in [7, 11) is 1.30. The van der Waals surface area contributed by atoms with Crippen molar-refractivity contribution in [1.82, 2.24) is 9.97 Å². The summed E-state index contributed by atoms with van der Waals surface area (Å²) in [5.41, 5.74) is 5.68. The number of aromatic nitrogens is 2. The maximum atomic E-state index is 11.2. The van der Waals surface area contributed by atoms with Crippen molar-refractivity contribution in [3.05, 3.63) is 18.1 Å². The Labute approximate surface area is 99.1 Å². The highest BCUT2D eigenvalue weighted by Gasteiger charge is 2.30. The predicted molar refractivity (Wildman–Crippen MR) is 59.6 cm³/mol. The van der Waals surface area contributed by atoms with E-state index in [-0.39, 0.29) is 11.8 Å². The first-order chi connectivity index (χ1) is 8.22. The molecule has 1 saturated carbocycles. The third kappa shape index (κ3) is 2.71. The minimum atomic E-state index is -0.517. The Morgan fingerprint density at radius 3 is 2.94 bits per heavy atom. The highest BCUT2D eigenvalue weighted by molar-refractivity contribution is 5.86. The zero-order valence-corrected chi connectivity index (χ0v) is 9.63. The second-order valence-corrected chi connectivity index (χ2v) is 4.05. The first-order valence-electron chi connectivity index (χ1n) is 5.50. The molecule has 1 aliphatic carbocycles. The van der Waals surface area contributed by atoms with E-state index in [0.29, 0.717) is 18.3 Å². The highest BCUT2D eigenvalue weighted by Crippen LogP contribution is 2.29. The lowest BCUT2D eigenvalue weighted by Gasteiger charge is -2.33. The quantitative estimate of drug-likeness (QED) is 0.762. The van der Waals surface area contributed by atoms with Gasteiger partial charge in [0.15, 0.2) is 5.69 Å². The molecule has 6 nitrogen and oxygen atoms in total. The van der Waals surface area contributed by atoms with Gasteiger partial charge in [-0.3, -0.25) is 4.98 Å². The predicted octanol–water partition coefficient (Wildman–Crippen LogP) is 0.379. The van der Waals surface area contributed by atoms with Crippen LogP contribution in [-0.4, -0.2) is 35.7 Å². The number of carbonyl (C=O) groups is 1. The van der Waals surface area contributed by atoms with Crippen LogP contribution < -0.4 is 10.5 Å². The molecular weight excluding hydrogens is 222 g/mol. The van der Waals surface area contributed by atoms with Gasteiger partial charge in [-0.15, -0.1) is 0 Å². The number of hydrogen-bond acceptors (Lipinski definition) is 6. The Kier molecular flexibility index (Phi) is 3.53. The normalized spacial score (nSPS) is 22.7. The summed E-state index contributed by atoms with van der Waals surface area (Å²) in [5.74, 6) is 0.376. The lowest BCUT2D eigenvalue weighted by atomic mass is 9.82. The standard InChI is InChI=1S/C11H15N3O3/c1-16-11(15)9-5-13-6-10(14-9)17-8-2-7(3-8)4-12/h5-8H,2-4,12H2,1H3. The van der Waals surface area contributed by atoms with Gasteiger partial charge in [-0.25, -0.2) is 9.78 Å². The largest absolute Gasteiger partial charge is 0.473 e. The minimum Gasteiger partial charge on any atom is -0.473 e. The number of rotatable bonds is 4. The van der Waals surface area contributed by atoms with Crippen LogP contribution in [0.5, 0.6) is 5.88 Å². The third-order valence-corrected chi connectivity index (χ3v) is 2.82. The number of nitrogens with zero attached hydrogens (tertiary/aromatic N) is 2. The van der Waals surface area contributed by atoms with Crippen LogP contribution in [0, 0.1) is 5.92 Å². The van der Waals surface area contributed by atoms with Crippen molar-refractivity contribution >= 4 is 5.97 Å². The molecule has 1 aromatic heterocycles. The molecule has 6 heteroatoms. The molecule has 0 amide bonds. The van der Waals surface area contributed by atoms with Gasteiger partial charge in [0.25, 0.3) is 0 Å². The van der Waals surface area contributed by atoms with Crippen LogP contribution in [0.4, 0.5) is 0 Å². The Hall–Kier alpha value is -1.69. The van der Waals surface area contributed by atoms with E-state index >= 15 is 0 Å². The molecule has 0 radical (unpaired) electrons. The van der Waals surface area contributed by atoms with Crippen LogP contribution in [-0.2, 0) is 4.74 Å². The number of hydrogen-bond donors (Lipinski definition) is 1. The molecule has 1 aliphatic rings. The first-order valence-corrected chi connectivity index (χ1v) is 5.50. The summed E-state index contributed by atoms with van der Waals surface area (Å²) < 4.78 is 10.1. The molecule has 1 aromatic rings. The zero-order valence-electron chi connectivity index (χ0n) is 9.63. The van der Waals surface area contributed by atoms with Crippen molar-refractivity contribution in [3.8, 4) is 5.88 Å². The Balaban J connectivity index is 1.95. The number of carbonyl (C=O) groups excluding carboxylic acids is 1. The fourth-order valence-electron chi connectivity index (χ4n) is 1.74. The maximum Gasteiger partial charge on any atom is 0.358 e. The SMILES string of the molecule is COC(=O)c1cncc(OC2CC(CN)C2)n1. The molecule has 1 heterocycles. The van der Waals surface area contributed by atoms with E-state index in [1.54, 1.807) is 0 Å². The molecule has 2 rings (SSSR count). The molecule has 0 bridgehead atoms. The molecule has 0 aromatic carbocycles. The first kappa shape index (κ1) is 11.8. The van der Waals surface area contributed by atoms with Crippen LogP contribution in [0.25, 0.3) is 0 Å². The van der Waals surface area contributed by atoms with E-state index in [0.717, 1.165) is 12.8 Å². The van der Waals surface area contributed by atoms with Crippen molar-refractivity contribution in [2.75, 3.05) is 13.7 Å². The van der Waals surface area contributed by atoms with Crippen molar-refractivity contribution in [2.24, 2.45) is 11.7 Å². The molecule has 0 unspecified atom stereocenters. The average Bonchev–Trinajstić information content (AvgIpc) is 2.32. The summed E-state index contributed by atoms with van der Waals surface area (Å²) in [6, 6.07) is 0. The Bertz CT molecular complexity index is 405. The molecule has 0 saturated heterocycles. The molecular formula is C11H15N3O3. The smallest absolute Gasteiger partial charge is 0.358 e. The lowest BCUT2D eigenvalue weighted by molar-refractivity contribution is 0.0565. The maximum absolute atomic E-state index is 11.2. The van der Waals surface area contributed by atoms with Crippen LogP contribution in [0.1, 0.15) is 23.3 Å². The van der Waals surface area contributed by atoms with E-state index in [9.17, 15) is 4.79 Å². The topological polar surface area (TPSA) is 87.3 Å².